The summed E-state index contributed by atoms with van der Waals surface area (Å²) in [6, 6.07) is 14.5. The largest absolute Gasteiger partial charge is 0.358 e. The molecule has 1 aliphatic rings. The maximum absolute atomic E-state index is 5.65. The summed E-state index contributed by atoms with van der Waals surface area (Å²) < 4.78 is 0. The number of hydrogen-bond donors (Lipinski definition) is 2. The van der Waals surface area contributed by atoms with E-state index in [0.29, 0.717) is 6.54 Å². The van der Waals surface area contributed by atoms with E-state index in [0.717, 1.165) is 53.3 Å². The number of nitrogens with zero attached hydrogens (tertiary/aromatic N) is 2. The number of hydrogen-bond acceptors (Lipinski definition) is 3. The van der Waals surface area contributed by atoms with Crippen molar-refractivity contribution in [2.45, 2.75) is 12.8 Å². The van der Waals surface area contributed by atoms with Gasteiger partial charge in [-0.05, 0) is 43.1 Å². The van der Waals surface area contributed by atoms with Gasteiger partial charge in [-0.25, -0.2) is 0 Å². The quantitative estimate of drug-likeness (QED) is 0.755. The van der Waals surface area contributed by atoms with Crippen molar-refractivity contribution in [2.75, 3.05) is 13.1 Å². The van der Waals surface area contributed by atoms with E-state index in [1.807, 2.05) is 18.2 Å². The molecule has 122 valence electrons. The van der Waals surface area contributed by atoms with E-state index in [-0.39, 0.29) is 0 Å². The highest BCUT2D eigenvalue weighted by Gasteiger charge is 2.15. The first-order chi connectivity index (χ1) is 11.8. The van der Waals surface area contributed by atoms with Gasteiger partial charge in [-0.15, -0.1) is 0 Å². The topological polar surface area (TPSA) is 66.5 Å². The molecule has 3 N–H and O–H groups in total. The van der Waals surface area contributed by atoms with Crippen molar-refractivity contribution in [1.29, 1.82) is 0 Å². The summed E-state index contributed by atoms with van der Waals surface area (Å²) in [6.07, 6.45) is 5.78. The van der Waals surface area contributed by atoms with Gasteiger partial charge >= 0.3 is 0 Å². The molecule has 0 spiro atoms. The summed E-state index contributed by atoms with van der Waals surface area (Å²) in [6.45, 7) is 4.87. The van der Waals surface area contributed by atoms with Gasteiger partial charge in [0.05, 0.1) is 5.70 Å². The van der Waals surface area contributed by atoms with Gasteiger partial charge in [-0.3, -0.25) is 4.99 Å². The first-order valence-corrected chi connectivity index (χ1v) is 8.18. The van der Waals surface area contributed by atoms with E-state index in [9.17, 15) is 0 Å². The summed E-state index contributed by atoms with van der Waals surface area (Å²) in [4.78, 5) is 12.2. The second-order valence-electron chi connectivity index (χ2n) is 5.70. The molecule has 0 fully saturated rings. The maximum Gasteiger partial charge on any atom is 0.0732 e. The first-order valence-electron chi connectivity index (χ1n) is 8.18. The molecule has 0 unspecified atom stereocenters. The van der Waals surface area contributed by atoms with Crippen LogP contribution in [0.2, 0.25) is 0 Å². The van der Waals surface area contributed by atoms with E-state index >= 15 is 0 Å². The van der Waals surface area contributed by atoms with E-state index < -0.39 is 0 Å². The van der Waals surface area contributed by atoms with Crippen LogP contribution in [0.15, 0.2) is 70.3 Å². The summed E-state index contributed by atoms with van der Waals surface area (Å²) in [5.41, 5.74) is 12.1. The fourth-order valence-corrected chi connectivity index (χ4v) is 2.81. The van der Waals surface area contributed by atoms with Crippen LogP contribution < -0.4 is 5.73 Å². The Balaban J connectivity index is 2.03. The van der Waals surface area contributed by atoms with Gasteiger partial charge in [0.1, 0.15) is 0 Å². The Morgan fingerprint density at radius 3 is 2.67 bits per heavy atom. The average Bonchev–Trinajstić information content (AvgIpc) is 3.25. The van der Waals surface area contributed by atoms with Gasteiger partial charge in [0.25, 0.3) is 0 Å². The van der Waals surface area contributed by atoms with E-state index in [1.165, 1.54) is 0 Å². The van der Waals surface area contributed by atoms with Crippen molar-refractivity contribution < 1.29 is 0 Å². The number of nitrogens with two attached hydrogens (primary N) is 1. The fraction of sp³-hybridized carbons (Fsp3) is 0.200. The van der Waals surface area contributed by atoms with Crippen LogP contribution >= 0.6 is 0 Å². The molecule has 0 atom stereocenters. The summed E-state index contributed by atoms with van der Waals surface area (Å²) in [5, 5.41) is 0. The van der Waals surface area contributed by atoms with E-state index in [2.05, 4.69) is 53.1 Å². The maximum atomic E-state index is 5.65. The summed E-state index contributed by atoms with van der Waals surface area (Å²) in [7, 11) is 0. The van der Waals surface area contributed by atoms with Crippen LogP contribution in [-0.2, 0) is 6.42 Å². The molecule has 1 aromatic heterocycles. The third-order valence-corrected chi connectivity index (χ3v) is 3.97. The van der Waals surface area contributed by atoms with Gasteiger partial charge in [-0.1, -0.05) is 30.3 Å². The molecule has 2 aromatic rings. The second-order valence-corrected chi connectivity index (χ2v) is 5.70. The molecule has 0 bridgehead atoms. The van der Waals surface area contributed by atoms with Crippen molar-refractivity contribution in [3.63, 3.8) is 0 Å². The molecular formula is C20H22N4. The first kappa shape index (κ1) is 16.1. The third kappa shape index (κ3) is 3.60. The van der Waals surface area contributed by atoms with Gasteiger partial charge in [-0.2, -0.15) is 0 Å². The average molecular weight is 318 g/mol. The van der Waals surface area contributed by atoms with E-state index in [4.69, 9.17) is 10.7 Å². The lowest BCUT2D eigenvalue weighted by Crippen LogP contribution is -2.04. The molecule has 1 aliphatic heterocycles. The molecule has 24 heavy (non-hydrogen) atoms. The minimum atomic E-state index is 0.609. The third-order valence-electron chi connectivity index (χ3n) is 3.97. The summed E-state index contributed by atoms with van der Waals surface area (Å²) in [5.74, 6) is 0. The van der Waals surface area contributed by atoms with Crippen molar-refractivity contribution in [2.24, 2.45) is 15.7 Å². The normalized spacial score (nSPS) is 15.5. The number of aliphatic imine (C=N–C) groups is 2. The lowest BCUT2D eigenvalue weighted by molar-refractivity contribution is 0.939. The number of benzene rings is 1. The van der Waals surface area contributed by atoms with E-state index in [1.54, 1.807) is 0 Å². The Labute approximate surface area is 142 Å². The van der Waals surface area contributed by atoms with Crippen LogP contribution in [-0.4, -0.2) is 30.5 Å². The molecular weight excluding hydrogens is 296 g/mol. The number of rotatable bonds is 7. The Morgan fingerprint density at radius 1 is 1.08 bits per heavy atom. The minimum absolute atomic E-state index is 0.609. The molecule has 4 nitrogen and oxygen atoms in total. The summed E-state index contributed by atoms with van der Waals surface area (Å²) >= 11 is 0. The number of H-pyrrole nitrogens is 1. The Hall–Kier alpha value is -2.72. The zero-order valence-corrected chi connectivity index (χ0v) is 13.7. The SMILES string of the molecule is C=NCCc1ccc(/C(=C2/C=CC(CCN)=N2)c2ccccc2)[nH]1. The molecule has 0 saturated carbocycles. The minimum Gasteiger partial charge on any atom is -0.358 e. The van der Waals surface area contributed by atoms with Crippen LogP contribution in [0, 0.1) is 0 Å². The standard InChI is InChI=1S/C20H22N4/c1-22-14-12-17-8-10-19(24-17)20(15-5-3-2-4-6-15)18-9-7-16(23-18)11-13-21/h2-10,24H,1,11-14,21H2/b20-18-. The van der Waals surface area contributed by atoms with Gasteiger partial charge < -0.3 is 15.7 Å². The van der Waals surface area contributed by atoms with Crippen molar-refractivity contribution in [1.82, 2.24) is 4.98 Å². The molecule has 1 aromatic carbocycles. The van der Waals surface area contributed by atoms with Crippen LogP contribution in [0.4, 0.5) is 0 Å². The lowest BCUT2D eigenvalue weighted by Gasteiger charge is -2.08. The second kappa shape index (κ2) is 7.70. The Bertz CT molecular complexity index is 794. The number of aromatic amines is 1. The molecule has 0 radical (unpaired) electrons. The molecule has 4 heteroatoms. The van der Waals surface area contributed by atoms with Gasteiger partial charge in [0, 0.05) is 42.1 Å². The lowest BCUT2D eigenvalue weighted by atomic mass is 10.0. The van der Waals surface area contributed by atoms with Crippen molar-refractivity contribution in [3.8, 4) is 0 Å². The number of aromatic nitrogens is 1. The van der Waals surface area contributed by atoms with Crippen molar-refractivity contribution in [3.05, 3.63) is 77.3 Å². The van der Waals surface area contributed by atoms with Gasteiger partial charge in [0.2, 0.25) is 0 Å². The highest BCUT2D eigenvalue weighted by Crippen LogP contribution is 2.30. The molecule has 3 rings (SSSR count). The monoisotopic (exact) mass is 318 g/mol. The molecule has 2 heterocycles. The molecule has 0 saturated heterocycles. The predicted octanol–water partition coefficient (Wildman–Crippen LogP) is 3.38. The molecule has 0 aliphatic carbocycles. The van der Waals surface area contributed by atoms with Crippen molar-refractivity contribution >= 4 is 18.0 Å². The highest BCUT2D eigenvalue weighted by atomic mass is 14.8. The van der Waals surface area contributed by atoms with Crippen LogP contribution in [0.25, 0.3) is 5.57 Å². The van der Waals surface area contributed by atoms with Crippen LogP contribution in [0.1, 0.15) is 23.4 Å². The Morgan fingerprint density at radius 2 is 1.92 bits per heavy atom. The zero-order chi connectivity index (χ0) is 16.8. The highest BCUT2D eigenvalue weighted by molar-refractivity contribution is 6.01. The number of allylic oxidation sites excluding steroid dienone is 2. The Kier molecular flexibility index (Phi) is 5.18. The number of nitrogens with one attached hydrogen (secondary N) is 1. The smallest absolute Gasteiger partial charge is 0.0732 e. The predicted molar refractivity (Wildman–Crippen MR) is 102 cm³/mol. The van der Waals surface area contributed by atoms with Crippen LogP contribution in [0.3, 0.4) is 0 Å². The fourth-order valence-electron chi connectivity index (χ4n) is 2.81. The van der Waals surface area contributed by atoms with Crippen LogP contribution in [0.5, 0.6) is 0 Å². The molecule has 0 amide bonds. The van der Waals surface area contributed by atoms with Gasteiger partial charge in [0.15, 0.2) is 0 Å². The zero-order valence-electron chi connectivity index (χ0n) is 13.7.